The van der Waals surface area contributed by atoms with Crippen molar-refractivity contribution in [3.8, 4) is 33.2 Å². The first-order valence-corrected chi connectivity index (χ1v) is 9.68. The van der Waals surface area contributed by atoms with Crippen molar-refractivity contribution in [2.75, 3.05) is 0 Å². The number of aromatic carboxylic acids is 1. The second-order valence-corrected chi connectivity index (χ2v) is 7.44. The summed E-state index contributed by atoms with van der Waals surface area (Å²) in [6.07, 6.45) is 4.90. The highest BCUT2D eigenvalue weighted by Gasteiger charge is 2.17. The highest BCUT2D eigenvalue weighted by Crippen LogP contribution is 2.38. The first-order chi connectivity index (χ1) is 14.0. The maximum Gasteiger partial charge on any atom is 0.347 e. The van der Waals surface area contributed by atoms with Gasteiger partial charge in [-0.1, -0.05) is 18.2 Å². The molecule has 2 heterocycles. The summed E-state index contributed by atoms with van der Waals surface area (Å²) < 4.78 is 6.19. The molecule has 0 aliphatic rings. The molecule has 0 saturated carbocycles. The molecule has 4 rings (SSSR count). The summed E-state index contributed by atoms with van der Waals surface area (Å²) in [7, 11) is 0. The van der Waals surface area contributed by atoms with E-state index >= 15 is 0 Å². The van der Waals surface area contributed by atoms with Crippen molar-refractivity contribution < 1.29 is 14.6 Å². The molecule has 1 N–H and O–H groups in total. The molecule has 0 amide bonds. The van der Waals surface area contributed by atoms with Crippen molar-refractivity contribution in [1.29, 1.82) is 0 Å². The van der Waals surface area contributed by atoms with Crippen molar-refractivity contribution in [3.63, 3.8) is 0 Å². The number of carboxylic acids is 1. The minimum absolute atomic E-state index is 0.241. The van der Waals surface area contributed by atoms with Crippen LogP contribution in [0.5, 0.6) is 11.5 Å². The lowest BCUT2D eigenvalue weighted by Crippen LogP contribution is -1.94. The molecule has 0 radical (unpaired) electrons. The number of hydrogen-bond acceptors (Lipinski definition) is 6. The van der Waals surface area contributed by atoms with Gasteiger partial charge in [-0.05, 0) is 43.7 Å². The molecule has 6 nitrogen and oxygen atoms in total. The molecular formula is C22H17N3O3S. The molecule has 0 spiro atoms. The van der Waals surface area contributed by atoms with Crippen LogP contribution in [-0.4, -0.2) is 26.0 Å². The second-order valence-electron chi connectivity index (χ2n) is 6.44. The monoisotopic (exact) mass is 403 g/mol. The highest BCUT2D eigenvalue weighted by atomic mass is 32.1. The standard InChI is InChI=1S/C22H17N3O3S/c1-13-5-3-4-6-18(13)28-19-8-7-15(9-17(19)16-10-23-12-24-11-16)21-25-14(2)20(29-21)22(26)27/h3-12H,1-2H3,(H,26,27). The maximum atomic E-state index is 11.4. The van der Waals surface area contributed by atoms with E-state index in [1.54, 1.807) is 19.3 Å². The molecule has 0 atom stereocenters. The van der Waals surface area contributed by atoms with Crippen LogP contribution >= 0.6 is 11.3 Å². The largest absolute Gasteiger partial charge is 0.477 e. The smallest absolute Gasteiger partial charge is 0.347 e. The Kier molecular flexibility index (Phi) is 5.05. The first-order valence-electron chi connectivity index (χ1n) is 8.87. The van der Waals surface area contributed by atoms with Crippen LogP contribution < -0.4 is 4.74 Å². The molecule has 0 aliphatic heterocycles. The van der Waals surface area contributed by atoms with Gasteiger partial charge in [-0.2, -0.15) is 0 Å². The molecule has 29 heavy (non-hydrogen) atoms. The summed E-state index contributed by atoms with van der Waals surface area (Å²) in [5.41, 5.74) is 3.93. The van der Waals surface area contributed by atoms with E-state index in [2.05, 4.69) is 15.0 Å². The van der Waals surface area contributed by atoms with Gasteiger partial charge in [0.1, 0.15) is 27.7 Å². The molecule has 4 aromatic rings. The lowest BCUT2D eigenvalue weighted by atomic mass is 10.0. The third-order valence-electron chi connectivity index (χ3n) is 4.40. The van der Waals surface area contributed by atoms with Crippen LogP contribution in [0.3, 0.4) is 0 Å². The Hall–Kier alpha value is -3.58. The minimum Gasteiger partial charge on any atom is -0.477 e. The summed E-state index contributed by atoms with van der Waals surface area (Å²) in [6, 6.07) is 13.5. The topological polar surface area (TPSA) is 85.2 Å². The minimum atomic E-state index is -0.970. The van der Waals surface area contributed by atoms with Crippen molar-refractivity contribution in [1.82, 2.24) is 15.0 Å². The highest BCUT2D eigenvalue weighted by molar-refractivity contribution is 7.17. The van der Waals surface area contributed by atoms with Crippen LogP contribution in [0, 0.1) is 13.8 Å². The summed E-state index contributed by atoms with van der Waals surface area (Å²) in [5.74, 6) is 0.448. The normalized spacial score (nSPS) is 10.7. The first kappa shape index (κ1) is 18.8. The van der Waals surface area contributed by atoms with Crippen LogP contribution in [-0.2, 0) is 0 Å². The maximum absolute atomic E-state index is 11.4. The lowest BCUT2D eigenvalue weighted by Gasteiger charge is -2.14. The average molecular weight is 403 g/mol. The fourth-order valence-corrected chi connectivity index (χ4v) is 3.82. The Bertz CT molecular complexity index is 1190. The molecule has 0 fully saturated rings. The van der Waals surface area contributed by atoms with E-state index in [-0.39, 0.29) is 4.88 Å². The van der Waals surface area contributed by atoms with Crippen LogP contribution in [0.15, 0.2) is 61.2 Å². The molecule has 0 unspecified atom stereocenters. The molecule has 0 saturated heterocycles. The number of thiazole rings is 1. The van der Waals surface area contributed by atoms with Gasteiger partial charge in [0.2, 0.25) is 0 Å². The third-order valence-corrected chi connectivity index (χ3v) is 5.60. The van der Waals surface area contributed by atoms with Gasteiger partial charge in [-0.25, -0.2) is 19.7 Å². The molecule has 7 heteroatoms. The Labute approximate surface area is 171 Å². The number of benzene rings is 2. The fourth-order valence-electron chi connectivity index (χ4n) is 2.92. The zero-order chi connectivity index (χ0) is 20.4. The Morgan fingerprint density at radius 2 is 1.76 bits per heavy atom. The van der Waals surface area contributed by atoms with E-state index in [0.717, 1.165) is 39.3 Å². The zero-order valence-corrected chi connectivity index (χ0v) is 16.6. The van der Waals surface area contributed by atoms with E-state index < -0.39 is 5.97 Å². The van der Waals surface area contributed by atoms with Gasteiger partial charge in [0.15, 0.2) is 0 Å². The Morgan fingerprint density at radius 3 is 2.45 bits per heavy atom. The zero-order valence-electron chi connectivity index (χ0n) is 15.8. The quantitative estimate of drug-likeness (QED) is 0.482. The third kappa shape index (κ3) is 3.86. The predicted octanol–water partition coefficient (Wildman–Crippen LogP) is 5.37. The number of rotatable bonds is 5. The van der Waals surface area contributed by atoms with Gasteiger partial charge in [-0.15, -0.1) is 11.3 Å². The van der Waals surface area contributed by atoms with Crippen LogP contribution in [0.4, 0.5) is 0 Å². The van der Waals surface area contributed by atoms with Gasteiger partial charge in [-0.3, -0.25) is 0 Å². The number of hydrogen-bond donors (Lipinski definition) is 1. The number of nitrogens with zero attached hydrogens (tertiary/aromatic N) is 3. The molecule has 0 bridgehead atoms. The number of para-hydroxylation sites is 1. The van der Waals surface area contributed by atoms with E-state index in [9.17, 15) is 9.90 Å². The molecule has 2 aromatic heterocycles. The van der Waals surface area contributed by atoms with E-state index in [1.807, 2.05) is 49.4 Å². The fraction of sp³-hybridized carbons (Fsp3) is 0.0909. The number of aryl methyl sites for hydroxylation is 2. The summed E-state index contributed by atoms with van der Waals surface area (Å²) >= 11 is 1.15. The Morgan fingerprint density at radius 1 is 1.00 bits per heavy atom. The molecule has 2 aromatic carbocycles. The van der Waals surface area contributed by atoms with Crippen molar-refractivity contribution in [2.45, 2.75) is 13.8 Å². The van der Waals surface area contributed by atoms with Gasteiger partial charge in [0.25, 0.3) is 0 Å². The predicted molar refractivity (Wildman–Crippen MR) is 112 cm³/mol. The summed E-state index contributed by atoms with van der Waals surface area (Å²) in [6.45, 7) is 3.69. The number of carbonyl (C=O) groups is 1. The van der Waals surface area contributed by atoms with Gasteiger partial charge in [0, 0.05) is 29.1 Å². The lowest BCUT2D eigenvalue weighted by molar-refractivity contribution is 0.0701. The van der Waals surface area contributed by atoms with Gasteiger partial charge < -0.3 is 9.84 Å². The number of aromatic nitrogens is 3. The number of ether oxygens (including phenoxy) is 1. The van der Waals surface area contributed by atoms with Crippen molar-refractivity contribution in [3.05, 3.63) is 77.3 Å². The van der Waals surface area contributed by atoms with Crippen LogP contribution in [0.25, 0.3) is 21.7 Å². The van der Waals surface area contributed by atoms with Gasteiger partial charge in [0.05, 0.1) is 5.69 Å². The summed E-state index contributed by atoms with van der Waals surface area (Å²) in [5, 5.41) is 9.97. The van der Waals surface area contributed by atoms with Crippen LogP contribution in [0.1, 0.15) is 20.9 Å². The van der Waals surface area contributed by atoms with E-state index in [0.29, 0.717) is 16.5 Å². The van der Waals surface area contributed by atoms with E-state index in [4.69, 9.17) is 4.74 Å². The van der Waals surface area contributed by atoms with Gasteiger partial charge >= 0.3 is 5.97 Å². The molecule has 0 aliphatic carbocycles. The van der Waals surface area contributed by atoms with Crippen molar-refractivity contribution in [2.24, 2.45) is 0 Å². The van der Waals surface area contributed by atoms with Crippen LogP contribution in [0.2, 0.25) is 0 Å². The van der Waals surface area contributed by atoms with E-state index in [1.165, 1.54) is 6.33 Å². The molecular weight excluding hydrogens is 386 g/mol. The Balaban J connectivity index is 1.82. The second kappa shape index (κ2) is 7.81. The molecule has 144 valence electrons. The SMILES string of the molecule is Cc1ccccc1Oc1ccc(-c2nc(C)c(C(=O)O)s2)cc1-c1cncnc1. The summed E-state index contributed by atoms with van der Waals surface area (Å²) in [4.78, 5) is 24.3. The average Bonchev–Trinajstić information content (AvgIpc) is 3.12. The van der Waals surface area contributed by atoms with Crippen molar-refractivity contribution >= 4 is 17.3 Å². The number of carboxylic acid groups (broad SMARTS) is 1.